The summed E-state index contributed by atoms with van der Waals surface area (Å²) in [6.07, 6.45) is 0. The molecule has 0 aliphatic rings. The number of ether oxygens (including phenoxy) is 2. The lowest BCUT2D eigenvalue weighted by Gasteiger charge is -2.26. The molecule has 0 aliphatic heterocycles. The third kappa shape index (κ3) is 4.57. The number of nitrogens with zero attached hydrogens (tertiary/aromatic N) is 1. The van der Waals surface area contributed by atoms with Gasteiger partial charge in [-0.3, -0.25) is 0 Å². The maximum atomic E-state index is 5.38. The highest BCUT2D eigenvalue weighted by molar-refractivity contribution is 9.10. The van der Waals surface area contributed by atoms with Crippen LogP contribution in [0.4, 0.5) is 17.1 Å². The Kier molecular flexibility index (Phi) is 6.33. The molecular formula is C32H24BrNO2S. The Bertz CT molecular complexity index is 1640. The molecule has 6 rings (SSSR count). The molecule has 3 nitrogen and oxygen atoms in total. The number of hydrogen-bond acceptors (Lipinski definition) is 4. The average Bonchev–Trinajstić information content (AvgIpc) is 3.31. The van der Waals surface area contributed by atoms with Gasteiger partial charge in [0.15, 0.2) is 0 Å². The van der Waals surface area contributed by atoms with Crippen molar-refractivity contribution in [1.29, 1.82) is 0 Å². The Balaban J connectivity index is 1.39. The molecule has 0 fully saturated rings. The van der Waals surface area contributed by atoms with Crippen LogP contribution in [0.2, 0.25) is 0 Å². The van der Waals surface area contributed by atoms with Crippen molar-refractivity contribution in [1.82, 2.24) is 0 Å². The highest BCUT2D eigenvalue weighted by atomic mass is 79.9. The number of halogens is 1. The molecule has 0 spiro atoms. The fourth-order valence-corrected chi connectivity index (χ4v) is 6.07. The van der Waals surface area contributed by atoms with Gasteiger partial charge in [0.1, 0.15) is 11.5 Å². The molecule has 5 aromatic carbocycles. The largest absolute Gasteiger partial charge is 0.497 e. The fraction of sp³-hybridized carbons (Fsp3) is 0.0625. The summed E-state index contributed by atoms with van der Waals surface area (Å²) in [5, 5.41) is 2.58. The average molecular weight is 567 g/mol. The summed E-state index contributed by atoms with van der Waals surface area (Å²) in [5.41, 5.74) is 5.57. The van der Waals surface area contributed by atoms with Gasteiger partial charge in [-0.15, -0.1) is 11.3 Å². The van der Waals surface area contributed by atoms with Gasteiger partial charge in [0.2, 0.25) is 0 Å². The van der Waals surface area contributed by atoms with Crippen LogP contribution in [0.1, 0.15) is 0 Å². The highest BCUT2D eigenvalue weighted by Gasteiger charge is 2.14. The van der Waals surface area contributed by atoms with Gasteiger partial charge in [-0.05, 0) is 102 Å². The first kappa shape index (κ1) is 23.6. The second-order valence-corrected chi connectivity index (χ2v) is 10.7. The molecular weight excluding hydrogens is 542 g/mol. The molecule has 0 bridgehead atoms. The van der Waals surface area contributed by atoms with Gasteiger partial charge >= 0.3 is 0 Å². The Labute approximate surface area is 228 Å². The topological polar surface area (TPSA) is 21.7 Å². The lowest BCUT2D eigenvalue weighted by Crippen LogP contribution is -2.09. The molecule has 0 radical (unpaired) electrons. The SMILES string of the molecule is COc1ccc(N(c2ccc(OC)cc2)c2ccc(-c3ccc4sc5ccc(Br)cc5c4c3)cc2)cc1. The van der Waals surface area contributed by atoms with E-state index in [2.05, 4.69) is 106 Å². The fourth-order valence-electron chi connectivity index (χ4n) is 4.64. The Morgan fingerprint density at radius 1 is 0.541 bits per heavy atom. The van der Waals surface area contributed by atoms with E-state index in [-0.39, 0.29) is 0 Å². The van der Waals surface area contributed by atoms with Crippen molar-refractivity contribution in [3.05, 3.63) is 114 Å². The number of rotatable bonds is 6. The Morgan fingerprint density at radius 3 is 1.54 bits per heavy atom. The summed E-state index contributed by atoms with van der Waals surface area (Å²) in [6.45, 7) is 0. The molecule has 37 heavy (non-hydrogen) atoms. The number of anilines is 3. The van der Waals surface area contributed by atoms with Gasteiger partial charge in [-0.2, -0.15) is 0 Å². The second kappa shape index (κ2) is 9.92. The van der Waals surface area contributed by atoms with E-state index in [0.29, 0.717) is 0 Å². The first-order valence-corrected chi connectivity index (χ1v) is 13.5. The first-order valence-electron chi connectivity index (χ1n) is 11.9. The maximum Gasteiger partial charge on any atom is 0.119 e. The molecule has 6 aromatic rings. The van der Waals surface area contributed by atoms with Crippen molar-refractivity contribution in [2.75, 3.05) is 19.1 Å². The highest BCUT2D eigenvalue weighted by Crippen LogP contribution is 2.39. The van der Waals surface area contributed by atoms with Gasteiger partial charge in [0, 0.05) is 41.7 Å². The van der Waals surface area contributed by atoms with Crippen molar-refractivity contribution in [2.24, 2.45) is 0 Å². The quantitative estimate of drug-likeness (QED) is 0.200. The lowest BCUT2D eigenvalue weighted by molar-refractivity contribution is 0.415. The minimum absolute atomic E-state index is 0.831. The molecule has 0 aliphatic carbocycles. The van der Waals surface area contributed by atoms with Gasteiger partial charge in [0.05, 0.1) is 14.2 Å². The van der Waals surface area contributed by atoms with Gasteiger partial charge in [0.25, 0.3) is 0 Å². The molecule has 0 amide bonds. The first-order chi connectivity index (χ1) is 18.1. The number of methoxy groups -OCH3 is 2. The molecule has 5 heteroatoms. The Hall–Kier alpha value is -3.80. The molecule has 1 aromatic heterocycles. The lowest BCUT2D eigenvalue weighted by atomic mass is 10.0. The number of hydrogen-bond donors (Lipinski definition) is 0. The predicted octanol–water partition coefficient (Wildman–Crippen LogP) is 9.97. The Morgan fingerprint density at radius 2 is 1.00 bits per heavy atom. The van der Waals surface area contributed by atoms with Crippen LogP contribution in [-0.4, -0.2) is 14.2 Å². The van der Waals surface area contributed by atoms with Crippen LogP contribution in [0.15, 0.2) is 114 Å². The summed E-state index contributed by atoms with van der Waals surface area (Å²) < 4.78 is 14.5. The molecule has 0 unspecified atom stereocenters. The van der Waals surface area contributed by atoms with E-state index in [0.717, 1.165) is 33.0 Å². The van der Waals surface area contributed by atoms with Gasteiger partial charge < -0.3 is 14.4 Å². The number of thiophene rings is 1. The van der Waals surface area contributed by atoms with Crippen LogP contribution in [0.25, 0.3) is 31.3 Å². The third-order valence-electron chi connectivity index (χ3n) is 6.55. The van der Waals surface area contributed by atoms with Crippen molar-refractivity contribution in [3.63, 3.8) is 0 Å². The molecule has 182 valence electrons. The van der Waals surface area contributed by atoms with Gasteiger partial charge in [-0.25, -0.2) is 0 Å². The van der Waals surface area contributed by atoms with Crippen molar-refractivity contribution >= 4 is 64.5 Å². The van der Waals surface area contributed by atoms with Crippen LogP contribution in [0, 0.1) is 0 Å². The predicted molar refractivity (Wildman–Crippen MR) is 160 cm³/mol. The van der Waals surface area contributed by atoms with Crippen LogP contribution < -0.4 is 14.4 Å². The third-order valence-corrected chi connectivity index (χ3v) is 8.20. The van der Waals surface area contributed by atoms with Crippen LogP contribution in [-0.2, 0) is 0 Å². The molecule has 1 heterocycles. The maximum absolute atomic E-state index is 5.38. The van der Waals surface area contributed by atoms with E-state index in [9.17, 15) is 0 Å². The van der Waals surface area contributed by atoms with E-state index in [4.69, 9.17) is 9.47 Å². The van der Waals surface area contributed by atoms with Crippen molar-refractivity contribution in [3.8, 4) is 22.6 Å². The number of benzene rings is 5. The van der Waals surface area contributed by atoms with E-state index in [1.807, 2.05) is 35.6 Å². The normalized spacial score (nSPS) is 11.1. The molecule has 0 atom stereocenters. The summed E-state index contributed by atoms with van der Waals surface area (Å²) in [5.74, 6) is 1.66. The molecule has 0 saturated carbocycles. The van der Waals surface area contributed by atoms with Gasteiger partial charge in [-0.1, -0.05) is 34.1 Å². The van der Waals surface area contributed by atoms with E-state index < -0.39 is 0 Å². The van der Waals surface area contributed by atoms with E-state index in [1.54, 1.807) is 14.2 Å². The second-order valence-electron chi connectivity index (χ2n) is 8.73. The van der Waals surface area contributed by atoms with Crippen LogP contribution in [0.3, 0.4) is 0 Å². The molecule has 0 N–H and O–H groups in total. The van der Waals surface area contributed by atoms with Crippen LogP contribution >= 0.6 is 27.3 Å². The monoisotopic (exact) mass is 565 g/mol. The summed E-state index contributed by atoms with van der Waals surface area (Å²) >= 11 is 5.46. The summed E-state index contributed by atoms with van der Waals surface area (Å²) in [7, 11) is 3.37. The minimum atomic E-state index is 0.831. The van der Waals surface area contributed by atoms with Crippen LogP contribution in [0.5, 0.6) is 11.5 Å². The zero-order valence-corrected chi connectivity index (χ0v) is 22.8. The summed E-state index contributed by atoms with van der Waals surface area (Å²) in [6, 6.07) is 38.2. The van der Waals surface area contributed by atoms with E-state index >= 15 is 0 Å². The summed E-state index contributed by atoms with van der Waals surface area (Å²) in [4.78, 5) is 2.23. The smallest absolute Gasteiger partial charge is 0.119 e. The standard InChI is InChI=1S/C32H24BrNO2S/c1-35-27-13-9-25(10-14-27)34(26-11-15-28(36-2)16-12-26)24-7-3-21(4-8-24)22-5-17-31-29(19-22)30-20-23(33)6-18-32(30)37-31/h3-20H,1-2H3. The zero-order chi connectivity index (χ0) is 25.4. The van der Waals surface area contributed by atoms with Crippen molar-refractivity contribution in [2.45, 2.75) is 0 Å². The molecule has 0 saturated heterocycles. The number of fused-ring (bicyclic) bond motifs is 3. The van der Waals surface area contributed by atoms with E-state index in [1.165, 1.54) is 31.3 Å². The van der Waals surface area contributed by atoms with Crippen molar-refractivity contribution < 1.29 is 9.47 Å². The minimum Gasteiger partial charge on any atom is -0.497 e. The zero-order valence-electron chi connectivity index (χ0n) is 20.4.